The van der Waals surface area contributed by atoms with E-state index >= 15 is 0 Å². The number of halogens is 2. The third-order valence-electron chi connectivity index (χ3n) is 3.18. The first-order valence-electron chi connectivity index (χ1n) is 6.07. The molecule has 0 heterocycles. The Morgan fingerprint density at radius 2 is 1.74 bits per heavy atom. The molecule has 100 valence electrons. The number of hydrogen-bond donors (Lipinski definition) is 0. The Labute approximate surface area is 127 Å². The Morgan fingerprint density at radius 3 is 2.32 bits per heavy atom. The van der Waals surface area contributed by atoms with Crippen molar-refractivity contribution in [2.24, 2.45) is 0 Å². The molecule has 0 aliphatic heterocycles. The zero-order valence-corrected chi connectivity index (χ0v) is 13.5. The average Bonchev–Trinajstić information content (AvgIpc) is 2.37. The van der Waals surface area contributed by atoms with Crippen molar-refractivity contribution >= 4 is 27.5 Å². The van der Waals surface area contributed by atoms with Gasteiger partial charge < -0.3 is 4.74 Å². The zero-order chi connectivity index (χ0) is 14.0. The molecule has 0 N–H and O–H groups in total. The summed E-state index contributed by atoms with van der Waals surface area (Å²) in [7, 11) is 1.66. The summed E-state index contributed by atoms with van der Waals surface area (Å²) in [5.74, 6) is 0.820. The maximum Gasteiger partial charge on any atom is 0.120 e. The van der Waals surface area contributed by atoms with Gasteiger partial charge in [0.25, 0.3) is 0 Å². The average molecular weight is 340 g/mol. The zero-order valence-electron chi connectivity index (χ0n) is 11.2. The van der Waals surface area contributed by atoms with Gasteiger partial charge in [0.1, 0.15) is 5.75 Å². The van der Waals surface area contributed by atoms with Crippen molar-refractivity contribution in [2.75, 3.05) is 7.11 Å². The first-order chi connectivity index (χ1) is 9.02. The van der Waals surface area contributed by atoms with Gasteiger partial charge in [-0.1, -0.05) is 45.8 Å². The summed E-state index contributed by atoms with van der Waals surface area (Å²) in [6.45, 7) is 4.18. The number of aryl methyl sites for hydroxylation is 2. The van der Waals surface area contributed by atoms with E-state index in [4.69, 9.17) is 16.3 Å². The van der Waals surface area contributed by atoms with Crippen LogP contribution in [-0.4, -0.2) is 7.11 Å². The van der Waals surface area contributed by atoms with Crippen LogP contribution in [0, 0.1) is 13.8 Å². The standard InChI is InChI=1S/C16H16BrClO/c1-10-4-6-13(11(2)8-10)16(18)14-7-5-12(19-3)9-15(14)17/h4-9,16H,1-3H3. The second kappa shape index (κ2) is 5.98. The molecule has 0 bridgehead atoms. The summed E-state index contributed by atoms with van der Waals surface area (Å²) in [6.07, 6.45) is 0. The number of hydrogen-bond acceptors (Lipinski definition) is 1. The summed E-state index contributed by atoms with van der Waals surface area (Å²) < 4.78 is 6.17. The molecule has 2 aromatic carbocycles. The number of methoxy groups -OCH3 is 1. The summed E-state index contributed by atoms with van der Waals surface area (Å²) in [5.41, 5.74) is 4.65. The van der Waals surface area contributed by atoms with Crippen LogP contribution in [0.2, 0.25) is 0 Å². The molecule has 19 heavy (non-hydrogen) atoms. The van der Waals surface area contributed by atoms with Gasteiger partial charge in [0.2, 0.25) is 0 Å². The van der Waals surface area contributed by atoms with Gasteiger partial charge >= 0.3 is 0 Å². The third kappa shape index (κ3) is 3.13. The van der Waals surface area contributed by atoms with E-state index in [2.05, 4.69) is 48.0 Å². The lowest BCUT2D eigenvalue weighted by Crippen LogP contribution is -1.98. The highest BCUT2D eigenvalue weighted by atomic mass is 79.9. The molecule has 0 aromatic heterocycles. The Morgan fingerprint density at radius 1 is 1.05 bits per heavy atom. The lowest BCUT2D eigenvalue weighted by atomic mass is 9.98. The van der Waals surface area contributed by atoms with E-state index in [0.717, 1.165) is 21.3 Å². The van der Waals surface area contributed by atoms with Crippen molar-refractivity contribution < 1.29 is 4.74 Å². The van der Waals surface area contributed by atoms with Gasteiger partial charge in [0, 0.05) is 4.47 Å². The second-order valence-corrected chi connectivity index (χ2v) is 5.90. The molecule has 2 aromatic rings. The largest absolute Gasteiger partial charge is 0.497 e. The summed E-state index contributed by atoms with van der Waals surface area (Å²) in [6, 6.07) is 12.2. The minimum absolute atomic E-state index is 0.166. The fourth-order valence-electron chi connectivity index (χ4n) is 2.12. The highest BCUT2D eigenvalue weighted by Crippen LogP contribution is 2.37. The lowest BCUT2D eigenvalue weighted by molar-refractivity contribution is 0.414. The van der Waals surface area contributed by atoms with Gasteiger partial charge in [0.05, 0.1) is 12.5 Å². The Kier molecular flexibility index (Phi) is 4.54. The van der Waals surface area contributed by atoms with Crippen LogP contribution >= 0.6 is 27.5 Å². The van der Waals surface area contributed by atoms with E-state index in [1.807, 2.05) is 18.2 Å². The molecule has 3 heteroatoms. The van der Waals surface area contributed by atoms with E-state index < -0.39 is 0 Å². The molecular formula is C16H16BrClO. The molecule has 0 fully saturated rings. The number of benzene rings is 2. The van der Waals surface area contributed by atoms with Crippen LogP contribution < -0.4 is 4.74 Å². The predicted molar refractivity (Wildman–Crippen MR) is 84.3 cm³/mol. The maximum absolute atomic E-state index is 6.62. The lowest BCUT2D eigenvalue weighted by Gasteiger charge is -2.16. The minimum atomic E-state index is -0.166. The van der Waals surface area contributed by atoms with E-state index in [9.17, 15) is 0 Å². The normalized spacial score (nSPS) is 12.3. The summed E-state index contributed by atoms with van der Waals surface area (Å²) >= 11 is 10.2. The van der Waals surface area contributed by atoms with E-state index in [1.54, 1.807) is 7.11 Å². The van der Waals surface area contributed by atoms with Crippen molar-refractivity contribution in [3.8, 4) is 5.75 Å². The molecule has 1 atom stereocenters. The van der Waals surface area contributed by atoms with Crippen molar-refractivity contribution in [3.63, 3.8) is 0 Å². The van der Waals surface area contributed by atoms with E-state index in [0.29, 0.717) is 0 Å². The smallest absolute Gasteiger partial charge is 0.120 e. The molecule has 2 rings (SSSR count). The van der Waals surface area contributed by atoms with Crippen LogP contribution in [-0.2, 0) is 0 Å². The fraction of sp³-hybridized carbons (Fsp3) is 0.250. The minimum Gasteiger partial charge on any atom is -0.497 e. The second-order valence-electron chi connectivity index (χ2n) is 4.61. The van der Waals surface area contributed by atoms with Crippen LogP contribution in [0.5, 0.6) is 5.75 Å². The first-order valence-corrected chi connectivity index (χ1v) is 7.30. The molecule has 0 amide bonds. The Balaban J connectivity index is 2.41. The van der Waals surface area contributed by atoms with Crippen LogP contribution in [0.4, 0.5) is 0 Å². The van der Waals surface area contributed by atoms with Crippen molar-refractivity contribution in [2.45, 2.75) is 19.2 Å². The topological polar surface area (TPSA) is 9.23 Å². The number of alkyl halides is 1. The highest BCUT2D eigenvalue weighted by Gasteiger charge is 2.16. The quantitative estimate of drug-likeness (QED) is 0.680. The van der Waals surface area contributed by atoms with Crippen molar-refractivity contribution in [1.29, 1.82) is 0 Å². The monoisotopic (exact) mass is 338 g/mol. The molecular weight excluding hydrogens is 324 g/mol. The summed E-state index contributed by atoms with van der Waals surface area (Å²) in [4.78, 5) is 0. The molecule has 0 spiro atoms. The van der Waals surface area contributed by atoms with Gasteiger partial charge in [-0.25, -0.2) is 0 Å². The molecule has 0 radical (unpaired) electrons. The van der Waals surface area contributed by atoms with Crippen LogP contribution in [0.1, 0.15) is 27.6 Å². The first kappa shape index (κ1) is 14.4. The van der Waals surface area contributed by atoms with E-state index in [1.165, 1.54) is 11.1 Å². The molecule has 0 aliphatic rings. The van der Waals surface area contributed by atoms with Crippen LogP contribution in [0.15, 0.2) is 40.9 Å². The predicted octanol–water partition coefficient (Wildman–Crippen LogP) is 5.40. The van der Waals surface area contributed by atoms with Gasteiger partial charge in [-0.15, -0.1) is 11.6 Å². The fourth-order valence-corrected chi connectivity index (χ4v) is 3.27. The Bertz CT molecular complexity index is 595. The number of rotatable bonds is 3. The highest BCUT2D eigenvalue weighted by molar-refractivity contribution is 9.10. The number of ether oxygens (including phenoxy) is 1. The molecule has 0 saturated heterocycles. The van der Waals surface area contributed by atoms with Gasteiger partial charge in [-0.2, -0.15) is 0 Å². The SMILES string of the molecule is COc1ccc(C(Cl)c2ccc(C)cc2C)c(Br)c1. The third-order valence-corrected chi connectivity index (χ3v) is 4.34. The Hall–Kier alpha value is -0.990. The molecule has 1 nitrogen and oxygen atoms in total. The summed E-state index contributed by atoms with van der Waals surface area (Å²) in [5, 5.41) is -0.166. The van der Waals surface area contributed by atoms with Crippen LogP contribution in [0.3, 0.4) is 0 Å². The molecule has 1 unspecified atom stereocenters. The van der Waals surface area contributed by atoms with Crippen molar-refractivity contribution in [3.05, 3.63) is 63.1 Å². The maximum atomic E-state index is 6.62. The van der Waals surface area contributed by atoms with Crippen molar-refractivity contribution in [1.82, 2.24) is 0 Å². The molecule has 0 aliphatic carbocycles. The molecule has 0 saturated carbocycles. The van der Waals surface area contributed by atoms with E-state index in [-0.39, 0.29) is 5.38 Å². The van der Waals surface area contributed by atoms with Gasteiger partial charge in [-0.05, 0) is 42.7 Å². The van der Waals surface area contributed by atoms with Crippen LogP contribution in [0.25, 0.3) is 0 Å². The van der Waals surface area contributed by atoms with Gasteiger partial charge in [0.15, 0.2) is 0 Å². The van der Waals surface area contributed by atoms with Gasteiger partial charge in [-0.3, -0.25) is 0 Å².